The minimum Gasteiger partial charge on any atom is -0.458 e. The quantitative estimate of drug-likeness (QED) is 0.331. The Balaban J connectivity index is 1.20. The van der Waals surface area contributed by atoms with Gasteiger partial charge in [-0.2, -0.15) is 0 Å². The molecular weight excluding hydrogens is 412 g/mol. The second kappa shape index (κ2) is 7.92. The Kier molecular flexibility index (Phi) is 4.95. The predicted octanol–water partition coefficient (Wildman–Crippen LogP) is 4.57. The van der Waals surface area contributed by atoms with E-state index in [1.807, 2.05) is 48.5 Å². The van der Waals surface area contributed by atoms with Gasteiger partial charge in [-0.05, 0) is 36.1 Å². The van der Waals surface area contributed by atoms with E-state index in [2.05, 4.69) is 4.98 Å². The third-order valence-electron chi connectivity index (χ3n) is 5.31. The molecule has 1 aliphatic rings. The fraction of sp³-hybridized carbons (Fsp3) is 0.167. The molecule has 4 aromatic rings. The normalized spacial score (nSPS) is 13.2. The monoisotopic (exact) mass is 430 g/mol. The maximum absolute atomic E-state index is 12.9. The lowest BCUT2D eigenvalue weighted by molar-refractivity contribution is -0.145. The predicted molar refractivity (Wildman–Crippen MR) is 118 cm³/mol. The lowest BCUT2D eigenvalue weighted by atomic mass is 9.94. The van der Waals surface area contributed by atoms with Gasteiger partial charge in [-0.1, -0.05) is 36.4 Å². The zero-order valence-electron chi connectivity index (χ0n) is 16.5. The highest BCUT2D eigenvalue weighted by Gasteiger charge is 2.32. The van der Waals surface area contributed by atoms with Gasteiger partial charge < -0.3 is 4.74 Å². The van der Waals surface area contributed by atoms with Crippen LogP contribution in [0.1, 0.15) is 38.6 Å². The van der Waals surface area contributed by atoms with Crippen molar-refractivity contribution in [2.45, 2.75) is 19.4 Å². The third-order valence-corrected chi connectivity index (χ3v) is 6.32. The first-order valence-corrected chi connectivity index (χ1v) is 10.8. The van der Waals surface area contributed by atoms with Gasteiger partial charge in [0.15, 0.2) is 0 Å². The number of amides is 2. The molecule has 2 amide bonds. The summed E-state index contributed by atoms with van der Waals surface area (Å²) in [5, 5.41) is 2.31. The van der Waals surface area contributed by atoms with Crippen LogP contribution in [-0.4, -0.2) is 34.2 Å². The summed E-state index contributed by atoms with van der Waals surface area (Å²) in [6, 6.07) is 18.6. The van der Waals surface area contributed by atoms with Crippen molar-refractivity contribution < 1.29 is 19.1 Å². The summed E-state index contributed by atoms with van der Waals surface area (Å²) < 4.78 is 6.37. The summed E-state index contributed by atoms with van der Waals surface area (Å²) in [4.78, 5) is 43.6. The Morgan fingerprint density at radius 2 is 1.65 bits per heavy atom. The standard InChI is InChI=1S/C24H18N2O4S/c27-21(30-14-20-25-18-10-1-2-11-19(18)31-20)12-5-13-26-23(28)16-8-3-6-15-7-4-9-17(22(15)16)24(26)29/h1-4,6-11H,5,12-14H2. The minimum atomic E-state index is -0.376. The first-order chi connectivity index (χ1) is 15.1. The lowest BCUT2D eigenvalue weighted by Gasteiger charge is -2.27. The van der Waals surface area contributed by atoms with Gasteiger partial charge >= 0.3 is 5.97 Å². The van der Waals surface area contributed by atoms with Crippen molar-refractivity contribution in [3.05, 3.63) is 76.8 Å². The molecule has 0 N–H and O–H groups in total. The van der Waals surface area contributed by atoms with E-state index in [-0.39, 0.29) is 37.4 Å². The van der Waals surface area contributed by atoms with Crippen molar-refractivity contribution in [1.82, 2.24) is 9.88 Å². The van der Waals surface area contributed by atoms with Crippen LogP contribution in [0.4, 0.5) is 0 Å². The number of esters is 1. The van der Waals surface area contributed by atoms with E-state index in [4.69, 9.17) is 4.74 Å². The first-order valence-electron chi connectivity index (χ1n) is 10.00. The smallest absolute Gasteiger partial charge is 0.306 e. The molecule has 0 fully saturated rings. The molecule has 3 aromatic carbocycles. The Bertz CT molecular complexity index is 1260. The Labute approximate surface area is 182 Å². The fourth-order valence-electron chi connectivity index (χ4n) is 3.86. The van der Waals surface area contributed by atoms with Crippen LogP contribution in [0.3, 0.4) is 0 Å². The number of para-hydroxylation sites is 1. The SMILES string of the molecule is O=C(CCCN1C(=O)c2cccc3cccc(c23)C1=O)OCc1nc2ccccc2s1. The van der Waals surface area contributed by atoms with Crippen molar-refractivity contribution in [1.29, 1.82) is 0 Å². The zero-order valence-corrected chi connectivity index (χ0v) is 17.4. The van der Waals surface area contributed by atoms with Crippen LogP contribution in [0.15, 0.2) is 60.7 Å². The number of hydrogen-bond donors (Lipinski definition) is 0. The Morgan fingerprint density at radius 3 is 2.35 bits per heavy atom. The largest absolute Gasteiger partial charge is 0.458 e. The summed E-state index contributed by atoms with van der Waals surface area (Å²) in [6.07, 6.45) is 0.460. The average molecular weight is 430 g/mol. The van der Waals surface area contributed by atoms with E-state index in [0.29, 0.717) is 22.9 Å². The molecule has 0 unspecified atom stereocenters. The number of carbonyl (C=O) groups excluding carboxylic acids is 3. The molecular formula is C24H18N2O4S. The van der Waals surface area contributed by atoms with Gasteiger partial charge in [-0.15, -0.1) is 11.3 Å². The second-order valence-corrected chi connectivity index (χ2v) is 8.43. The Hall–Kier alpha value is -3.58. The molecule has 31 heavy (non-hydrogen) atoms. The van der Waals surface area contributed by atoms with Gasteiger partial charge in [0, 0.05) is 29.5 Å². The summed E-state index contributed by atoms with van der Waals surface area (Å²) in [5.74, 6) is -1.02. The van der Waals surface area contributed by atoms with Crippen LogP contribution in [-0.2, 0) is 16.1 Å². The van der Waals surface area contributed by atoms with Gasteiger partial charge in [0.05, 0.1) is 10.2 Å². The van der Waals surface area contributed by atoms with Gasteiger partial charge in [0.25, 0.3) is 11.8 Å². The third kappa shape index (κ3) is 3.57. The highest BCUT2D eigenvalue weighted by atomic mass is 32.1. The Morgan fingerprint density at radius 1 is 0.935 bits per heavy atom. The number of hydrogen-bond acceptors (Lipinski definition) is 6. The molecule has 5 rings (SSSR count). The van der Waals surface area contributed by atoms with E-state index in [1.165, 1.54) is 16.2 Å². The molecule has 6 nitrogen and oxygen atoms in total. The number of ether oxygens (including phenoxy) is 1. The van der Waals surface area contributed by atoms with Crippen LogP contribution < -0.4 is 0 Å². The molecule has 0 atom stereocenters. The minimum absolute atomic E-state index is 0.119. The molecule has 1 aromatic heterocycles. The molecule has 1 aliphatic heterocycles. The van der Waals surface area contributed by atoms with Crippen LogP contribution >= 0.6 is 11.3 Å². The number of carbonyl (C=O) groups is 3. The van der Waals surface area contributed by atoms with E-state index >= 15 is 0 Å². The van der Waals surface area contributed by atoms with Crippen LogP contribution in [0.2, 0.25) is 0 Å². The highest BCUT2D eigenvalue weighted by molar-refractivity contribution is 7.18. The van der Waals surface area contributed by atoms with Crippen LogP contribution in [0.5, 0.6) is 0 Å². The summed E-state index contributed by atoms with van der Waals surface area (Å²) in [5.41, 5.74) is 1.92. The fourth-order valence-corrected chi connectivity index (χ4v) is 4.74. The van der Waals surface area contributed by atoms with Crippen molar-refractivity contribution in [3.8, 4) is 0 Å². The molecule has 0 saturated carbocycles. The topological polar surface area (TPSA) is 76.6 Å². The number of imide groups is 1. The zero-order chi connectivity index (χ0) is 21.4. The van der Waals surface area contributed by atoms with E-state index < -0.39 is 0 Å². The maximum Gasteiger partial charge on any atom is 0.306 e. The van der Waals surface area contributed by atoms with Gasteiger partial charge in [0.2, 0.25) is 0 Å². The van der Waals surface area contributed by atoms with E-state index in [0.717, 1.165) is 20.6 Å². The average Bonchev–Trinajstić information content (AvgIpc) is 3.21. The molecule has 2 heterocycles. The highest BCUT2D eigenvalue weighted by Crippen LogP contribution is 2.30. The number of fused-ring (bicyclic) bond motifs is 1. The molecule has 0 saturated heterocycles. The molecule has 0 bridgehead atoms. The van der Waals surface area contributed by atoms with Gasteiger partial charge in [-0.3, -0.25) is 19.3 Å². The summed E-state index contributed by atoms with van der Waals surface area (Å²) >= 11 is 1.49. The molecule has 0 spiro atoms. The summed E-state index contributed by atoms with van der Waals surface area (Å²) in [7, 11) is 0. The molecule has 7 heteroatoms. The van der Waals surface area contributed by atoms with Gasteiger partial charge in [0.1, 0.15) is 11.6 Å². The number of rotatable bonds is 6. The number of nitrogens with zero attached hydrogens (tertiary/aromatic N) is 2. The van der Waals surface area contributed by atoms with E-state index in [9.17, 15) is 14.4 Å². The second-order valence-electron chi connectivity index (χ2n) is 7.31. The van der Waals surface area contributed by atoms with Crippen molar-refractivity contribution in [2.75, 3.05) is 6.54 Å². The van der Waals surface area contributed by atoms with Gasteiger partial charge in [-0.25, -0.2) is 4.98 Å². The molecule has 0 radical (unpaired) electrons. The number of benzene rings is 3. The summed E-state index contributed by atoms with van der Waals surface area (Å²) in [6.45, 7) is 0.285. The number of thiazole rings is 1. The maximum atomic E-state index is 12.9. The molecule has 154 valence electrons. The van der Waals surface area contributed by atoms with Crippen LogP contribution in [0, 0.1) is 0 Å². The van der Waals surface area contributed by atoms with E-state index in [1.54, 1.807) is 12.1 Å². The van der Waals surface area contributed by atoms with Crippen molar-refractivity contribution >= 4 is 50.1 Å². The first kappa shape index (κ1) is 19.4. The molecule has 0 aliphatic carbocycles. The lowest BCUT2D eigenvalue weighted by Crippen LogP contribution is -2.41. The number of aromatic nitrogens is 1. The van der Waals surface area contributed by atoms with Crippen molar-refractivity contribution in [3.63, 3.8) is 0 Å². The van der Waals surface area contributed by atoms with Crippen molar-refractivity contribution in [2.24, 2.45) is 0 Å². The van der Waals surface area contributed by atoms with Crippen LogP contribution in [0.25, 0.3) is 21.0 Å².